The summed E-state index contributed by atoms with van der Waals surface area (Å²) in [5, 5.41) is 10.9. The number of rotatable bonds is 9. The van der Waals surface area contributed by atoms with Gasteiger partial charge < -0.3 is 15.5 Å². The van der Waals surface area contributed by atoms with Gasteiger partial charge in [-0.25, -0.2) is 9.48 Å². The molecule has 2 N–H and O–H groups in total. The van der Waals surface area contributed by atoms with Gasteiger partial charge in [-0.15, -0.1) is 0 Å². The lowest BCUT2D eigenvalue weighted by atomic mass is 9.92. The number of para-hydroxylation sites is 2. The van der Waals surface area contributed by atoms with Crippen molar-refractivity contribution in [2.75, 3.05) is 23.7 Å². The third-order valence-corrected chi connectivity index (χ3v) is 6.46. The lowest BCUT2D eigenvalue weighted by Crippen LogP contribution is -2.41. The van der Waals surface area contributed by atoms with Crippen molar-refractivity contribution >= 4 is 23.4 Å². The molecule has 3 rings (SSSR count). The molecule has 0 radical (unpaired) electrons. The van der Waals surface area contributed by atoms with E-state index >= 15 is 0 Å². The molecule has 0 saturated heterocycles. The van der Waals surface area contributed by atoms with Crippen molar-refractivity contribution in [1.82, 2.24) is 14.7 Å². The van der Waals surface area contributed by atoms with Crippen LogP contribution in [0.25, 0.3) is 5.69 Å². The van der Waals surface area contributed by atoms with Crippen molar-refractivity contribution in [1.29, 1.82) is 0 Å². The van der Waals surface area contributed by atoms with Crippen molar-refractivity contribution in [3.05, 3.63) is 70.9 Å². The first kappa shape index (κ1) is 28.0. The van der Waals surface area contributed by atoms with E-state index in [4.69, 9.17) is 5.10 Å². The molecule has 0 aliphatic heterocycles. The number of carbonyl (C=O) groups is 2. The summed E-state index contributed by atoms with van der Waals surface area (Å²) in [7, 11) is 0. The summed E-state index contributed by atoms with van der Waals surface area (Å²) in [6.07, 6.45) is 2.85. The van der Waals surface area contributed by atoms with Gasteiger partial charge in [-0.1, -0.05) is 76.9 Å². The molecule has 0 bridgehead atoms. The SMILES string of the molecule is CCCCCN(CC(=O)Nc1cc(C(C)(C)C)nn1-c1ccccc1C)C(=O)Nc1c(C)cccc1C. The molecular weight excluding hydrogens is 462 g/mol. The highest BCUT2D eigenvalue weighted by Gasteiger charge is 2.24. The number of nitrogens with zero attached hydrogens (tertiary/aromatic N) is 3. The number of carbonyl (C=O) groups excluding carboxylic acids is 2. The number of urea groups is 1. The fraction of sp³-hybridized carbons (Fsp3) is 0.433. The minimum absolute atomic E-state index is 0.0513. The van der Waals surface area contributed by atoms with Crippen LogP contribution in [0.5, 0.6) is 0 Å². The van der Waals surface area contributed by atoms with Gasteiger partial charge in [0.25, 0.3) is 0 Å². The van der Waals surface area contributed by atoms with Gasteiger partial charge in [0.2, 0.25) is 5.91 Å². The van der Waals surface area contributed by atoms with Crippen LogP contribution >= 0.6 is 0 Å². The maximum absolute atomic E-state index is 13.3. The first-order chi connectivity index (χ1) is 17.5. The summed E-state index contributed by atoms with van der Waals surface area (Å²) in [4.78, 5) is 28.2. The first-order valence-electron chi connectivity index (χ1n) is 13.1. The Labute approximate surface area is 221 Å². The third kappa shape index (κ3) is 7.21. The number of hydrogen-bond acceptors (Lipinski definition) is 3. The Hall–Kier alpha value is -3.61. The van der Waals surface area contributed by atoms with E-state index in [0.29, 0.717) is 12.4 Å². The van der Waals surface area contributed by atoms with Crippen LogP contribution in [0.3, 0.4) is 0 Å². The molecule has 3 amide bonds. The van der Waals surface area contributed by atoms with Gasteiger partial charge in [-0.2, -0.15) is 5.10 Å². The van der Waals surface area contributed by atoms with Crippen LogP contribution in [0.4, 0.5) is 16.3 Å². The molecule has 0 fully saturated rings. The molecule has 2 aromatic carbocycles. The normalized spacial score (nSPS) is 11.3. The highest BCUT2D eigenvalue weighted by Crippen LogP contribution is 2.27. The second-order valence-corrected chi connectivity index (χ2v) is 10.7. The van der Waals surface area contributed by atoms with E-state index in [2.05, 4.69) is 38.3 Å². The topological polar surface area (TPSA) is 79.3 Å². The number of unbranched alkanes of at least 4 members (excludes halogenated alkanes) is 2. The molecular formula is C30H41N5O2. The molecule has 37 heavy (non-hydrogen) atoms. The standard InChI is InChI=1S/C30H41N5O2/c1-8-9-12-18-34(29(37)32-28-22(3)15-13-16-23(28)4)20-27(36)31-26-19-25(30(5,6)7)33-35(26)24-17-11-10-14-21(24)2/h10-11,13-17,19H,8-9,12,18,20H2,1-7H3,(H,31,36)(H,32,37). The molecule has 3 aromatic rings. The van der Waals surface area contributed by atoms with E-state index in [1.54, 1.807) is 9.58 Å². The minimum atomic E-state index is -0.272. The van der Waals surface area contributed by atoms with Crippen LogP contribution in [0.2, 0.25) is 0 Å². The van der Waals surface area contributed by atoms with Crippen molar-refractivity contribution in [3.8, 4) is 5.69 Å². The average molecular weight is 504 g/mol. The van der Waals surface area contributed by atoms with E-state index in [9.17, 15) is 9.59 Å². The summed E-state index contributed by atoms with van der Waals surface area (Å²) in [6, 6.07) is 15.5. The number of amides is 3. The molecule has 0 saturated carbocycles. The quantitative estimate of drug-likeness (QED) is 0.317. The number of benzene rings is 2. The minimum Gasteiger partial charge on any atom is -0.315 e. The predicted octanol–water partition coefficient (Wildman–Crippen LogP) is 6.76. The van der Waals surface area contributed by atoms with Gasteiger partial charge in [0.15, 0.2) is 0 Å². The fourth-order valence-electron chi connectivity index (χ4n) is 4.18. The summed E-state index contributed by atoms with van der Waals surface area (Å²) < 4.78 is 1.78. The van der Waals surface area contributed by atoms with Crippen molar-refractivity contribution in [2.24, 2.45) is 0 Å². The molecule has 0 aliphatic carbocycles. The lowest BCUT2D eigenvalue weighted by molar-refractivity contribution is -0.116. The van der Waals surface area contributed by atoms with Gasteiger partial charge in [0, 0.05) is 23.7 Å². The second-order valence-electron chi connectivity index (χ2n) is 10.7. The van der Waals surface area contributed by atoms with Gasteiger partial charge in [-0.05, 0) is 49.9 Å². The van der Waals surface area contributed by atoms with Gasteiger partial charge >= 0.3 is 6.03 Å². The maximum Gasteiger partial charge on any atom is 0.322 e. The van der Waals surface area contributed by atoms with E-state index in [-0.39, 0.29) is 23.9 Å². The predicted molar refractivity (Wildman–Crippen MR) is 152 cm³/mol. The van der Waals surface area contributed by atoms with E-state index in [0.717, 1.165) is 53.0 Å². The number of hydrogen-bond donors (Lipinski definition) is 2. The highest BCUT2D eigenvalue weighted by atomic mass is 16.2. The van der Waals surface area contributed by atoms with Gasteiger partial charge in [-0.3, -0.25) is 4.79 Å². The van der Waals surface area contributed by atoms with Crippen LogP contribution < -0.4 is 10.6 Å². The van der Waals surface area contributed by atoms with Crippen molar-refractivity contribution in [3.63, 3.8) is 0 Å². The molecule has 0 spiro atoms. The van der Waals surface area contributed by atoms with E-state index < -0.39 is 0 Å². The Balaban J connectivity index is 1.84. The zero-order chi connectivity index (χ0) is 27.2. The smallest absolute Gasteiger partial charge is 0.315 e. The van der Waals surface area contributed by atoms with Crippen LogP contribution in [0, 0.1) is 20.8 Å². The molecule has 0 aliphatic rings. The van der Waals surface area contributed by atoms with Crippen LogP contribution in [-0.2, 0) is 10.2 Å². The molecule has 0 unspecified atom stereocenters. The fourth-order valence-corrected chi connectivity index (χ4v) is 4.18. The summed E-state index contributed by atoms with van der Waals surface area (Å²) >= 11 is 0. The Morgan fingerprint density at radius 3 is 2.19 bits per heavy atom. The molecule has 1 heterocycles. The Morgan fingerprint density at radius 2 is 1.57 bits per heavy atom. The van der Waals surface area contributed by atoms with Gasteiger partial charge in [0.05, 0.1) is 11.4 Å². The number of nitrogens with one attached hydrogen (secondary N) is 2. The maximum atomic E-state index is 13.3. The zero-order valence-electron chi connectivity index (χ0n) is 23.3. The van der Waals surface area contributed by atoms with E-state index in [1.165, 1.54) is 0 Å². The Bertz CT molecular complexity index is 1220. The van der Waals surface area contributed by atoms with Crippen molar-refractivity contribution in [2.45, 2.75) is 73.1 Å². The van der Waals surface area contributed by atoms with Gasteiger partial charge in [0.1, 0.15) is 12.4 Å². The second kappa shape index (κ2) is 12.1. The Kier molecular flexibility index (Phi) is 9.14. The van der Waals surface area contributed by atoms with Crippen LogP contribution in [0.15, 0.2) is 48.5 Å². The first-order valence-corrected chi connectivity index (χ1v) is 13.1. The summed E-state index contributed by atoms with van der Waals surface area (Å²) in [5.41, 5.74) is 5.41. The zero-order valence-corrected chi connectivity index (χ0v) is 23.3. The molecule has 0 atom stereocenters. The van der Waals surface area contributed by atoms with Crippen LogP contribution in [-0.4, -0.2) is 39.7 Å². The Morgan fingerprint density at radius 1 is 0.919 bits per heavy atom. The monoisotopic (exact) mass is 503 g/mol. The van der Waals surface area contributed by atoms with Crippen molar-refractivity contribution < 1.29 is 9.59 Å². The van der Waals surface area contributed by atoms with E-state index in [1.807, 2.05) is 69.3 Å². The largest absolute Gasteiger partial charge is 0.322 e. The number of anilines is 2. The lowest BCUT2D eigenvalue weighted by Gasteiger charge is -2.24. The molecule has 7 heteroatoms. The summed E-state index contributed by atoms with van der Waals surface area (Å²) in [6.45, 7) is 14.8. The number of aryl methyl sites for hydroxylation is 3. The molecule has 7 nitrogen and oxygen atoms in total. The highest BCUT2D eigenvalue weighted by molar-refractivity contribution is 5.97. The summed E-state index contributed by atoms with van der Waals surface area (Å²) in [5.74, 6) is 0.330. The third-order valence-electron chi connectivity index (χ3n) is 6.46. The average Bonchev–Trinajstić information content (AvgIpc) is 3.25. The van der Waals surface area contributed by atoms with Crippen LogP contribution in [0.1, 0.15) is 69.3 Å². The molecule has 1 aromatic heterocycles. The molecule has 198 valence electrons. The number of aromatic nitrogens is 2.